The van der Waals surface area contributed by atoms with Crippen LogP contribution in [0.5, 0.6) is 0 Å². The molecule has 0 saturated carbocycles. The summed E-state index contributed by atoms with van der Waals surface area (Å²) in [5.74, 6) is 0. The molecule has 2 nitrogen and oxygen atoms in total. The Kier molecular flexibility index (Phi) is 4.56. The molecule has 0 radical (unpaired) electrons. The van der Waals surface area contributed by atoms with Crippen LogP contribution in [0.3, 0.4) is 0 Å². The molecule has 110 valence electrons. The van der Waals surface area contributed by atoms with Crippen LogP contribution in [-0.2, 0) is 12.8 Å². The van der Waals surface area contributed by atoms with Crippen LogP contribution >= 0.6 is 0 Å². The maximum Gasteiger partial charge on any atom is 0.0343 e. The van der Waals surface area contributed by atoms with Gasteiger partial charge in [-0.1, -0.05) is 36.4 Å². The van der Waals surface area contributed by atoms with Crippen LogP contribution in [-0.4, -0.2) is 31.1 Å². The average Bonchev–Trinajstić information content (AvgIpc) is 2.70. The van der Waals surface area contributed by atoms with E-state index in [9.17, 15) is 0 Å². The van der Waals surface area contributed by atoms with E-state index < -0.39 is 0 Å². The lowest BCUT2D eigenvalue weighted by Crippen LogP contribution is -2.31. The van der Waals surface area contributed by atoms with Crippen molar-refractivity contribution < 1.29 is 0 Å². The average molecular weight is 280 g/mol. The number of hydrogen-bond acceptors (Lipinski definition) is 2. The molecule has 2 aromatic carbocycles. The lowest BCUT2D eigenvalue weighted by molar-refractivity contribution is 0.298. The van der Waals surface area contributed by atoms with E-state index in [0.29, 0.717) is 0 Å². The number of rotatable bonds is 4. The molecule has 0 bridgehead atoms. The smallest absolute Gasteiger partial charge is 0.0343 e. The van der Waals surface area contributed by atoms with E-state index in [1.165, 1.54) is 48.3 Å². The van der Waals surface area contributed by atoms with E-state index in [1.54, 1.807) is 0 Å². The van der Waals surface area contributed by atoms with E-state index in [2.05, 4.69) is 65.7 Å². The van der Waals surface area contributed by atoms with E-state index in [0.717, 1.165) is 13.1 Å². The van der Waals surface area contributed by atoms with E-state index in [-0.39, 0.29) is 0 Å². The summed E-state index contributed by atoms with van der Waals surface area (Å²) in [4.78, 5) is 2.57. The minimum Gasteiger partial charge on any atom is -0.384 e. The molecule has 0 spiro atoms. The second-order valence-electron chi connectivity index (χ2n) is 5.91. The van der Waals surface area contributed by atoms with Crippen LogP contribution in [0.15, 0.2) is 48.5 Å². The Morgan fingerprint density at radius 2 is 1.67 bits per heavy atom. The highest BCUT2D eigenvalue weighted by atomic mass is 15.1. The lowest BCUT2D eigenvalue weighted by atomic mass is 10.0. The first-order valence-electron chi connectivity index (χ1n) is 7.91. The first kappa shape index (κ1) is 14.2. The first-order valence-corrected chi connectivity index (χ1v) is 7.91. The molecule has 0 amide bonds. The standard InChI is InChI=1S/C19H24N2/c1-16-5-4-8-19(15-16)20-11-14-21-12-9-17-6-2-3-7-18(17)10-13-21/h2-8,15,20H,9-14H2,1H3. The number of fused-ring (bicyclic) bond motifs is 1. The number of nitrogens with one attached hydrogen (secondary N) is 1. The molecule has 1 N–H and O–H groups in total. The molecule has 0 aromatic heterocycles. The van der Waals surface area contributed by atoms with E-state index in [1.807, 2.05) is 0 Å². The van der Waals surface area contributed by atoms with Gasteiger partial charge in [-0.15, -0.1) is 0 Å². The van der Waals surface area contributed by atoms with Gasteiger partial charge in [-0.05, 0) is 48.6 Å². The quantitative estimate of drug-likeness (QED) is 0.922. The van der Waals surface area contributed by atoms with Gasteiger partial charge in [-0.2, -0.15) is 0 Å². The molecule has 21 heavy (non-hydrogen) atoms. The van der Waals surface area contributed by atoms with Gasteiger partial charge in [0.05, 0.1) is 0 Å². The molecule has 0 fully saturated rings. The van der Waals surface area contributed by atoms with Gasteiger partial charge >= 0.3 is 0 Å². The first-order chi connectivity index (χ1) is 10.3. The van der Waals surface area contributed by atoms with Gasteiger partial charge in [0.15, 0.2) is 0 Å². The predicted octanol–water partition coefficient (Wildman–Crippen LogP) is 3.51. The summed E-state index contributed by atoms with van der Waals surface area (Å²) in [5.41, 5.74) is 5.61. The summed E-state index contributed by atoms with van der Waals surface area (Å²) < 4.78 is 0. The number of aryl methyl sites for hydroxylation is 1. The largest absolute Gasteiger partial charge is 0.384 e. The lowest BCUT2D eigenvalue weighted by Gasteiger charge is -2.20. The van der Waals surface area contributed by atoms with Gasteiger partial charge < -0.3 is 10.2 Å². The van der Waals surface area contributed by atoms with Crippen molar-refractivity contribution in [3.05, 3.63) is 65.2 Å². The van der Waals surface area contributed by atoms with Crippen molar-refractivity contribution in [2.45, 2.75) is 19.8 Å². The van der Waals surface area contributed by atoms with Gasteiger partial charge in [0, 0.05) is 31.9 Å². The molecule has 3 rings (SSSR count). The van der Waals surface area contributed by atoms with Gasteiger partial charge in [0.2, 0.25) is 0 Å². The highest BCUT2D eigenvalue weighted by Gasteiger charge is 2.12. The van der Waals surface area contributed by atoms with Crippen molar-refractivity contribution in [3.63, 3.8) is 0 Å². The zero-order valence-electron chi connectivity index (χ0n) is 12.8. The second-order valence-corrected chi connectivity index (χ2v) is 5.91. The molecule has 1 heterocycles. The Labute approximate surface area is 127 Å². The highest BCUT2D eigenvalue weighted by molar-refractivity contribution is 5.45. The molecule has 2 heteroatoms. The monoisotopic (exact) mass is 280 g/mol. The van der Waals surface area contributed by atoms with Gasteiger partial charge in [-0.3, -0.25) is 0 Å². The molecule has 0 atom stereocenters. The minimum atomic E-state index is 1.01. The molecule has 0 saturated heterocycles. The Balaban J connectivity index is 1.49. The van der Waals surface area contributed by atoms with Crippen LogP contribution in [0.2, 0.25) is 0 Å². The maximum atomic E-state index is 3.53. The predicted molar refractivity (Wildman–Crippen MR) is 90.0 cm³/mol. The Hall–Kier alpha value is -1.80. The van der Waals surface area contributed by atoms with Gasteiger partial charge in [0.1, 0.15) is 0 Å². The minimum absolute atomic E-state index is 1.01. The Morgan fingerprint density at radius 1 is 0.952 bits per heavy atom. The van der Waals surface area contributed by atoms with Crippen molar-refractivity contribution in [1.82, 2.24) is 4.90 Å². The zero-order chi connectivity index (χ0) is 14.5. The van der Waals surface area contributed by atoms with Crippen LogP contribution in [0.25, 0.3) is 0 Å². The summed E-state index contributed by atoms with van der Waals surface area (Å²) in [7, 11) is 0. The fraction of sp³-hybridized carbons (Fsp3) is 0.368. The number of anilines is 1. The number of nitrogens with zero attached hydrogens (tertiary/aromatic N) is 1. The maximum absolute atomic E-state index is 3.53. The normalized spacial score (nSPS) is 15.3. The van der Waals surface area contributed by atoms with Crippen molar-refractivity contribution in [2.75, 3.05) is 31.5 Å². The molecule has 0 unspecified atom stereocenters. The molecule has 0 aliphatic carbocycles. The third kappa shape index (κ3) is 3.85. The van der Waals surface area contributed by atoms with E-state index >= 15 is 0 Å². The summed E-state index contributed by atoms with van der Waals surface area (Å²) in [6.45, 7) is 6.61. The Morgan fingerprint density at radius 3 is 2.33 bits per heavy atom. The van der Waals surface area contributed by atoms with Crippen LogP contribution in [0, 0.1) is 6.92 Å². The summed E-state index contributed by atoms with van der Waals surface area (Å²) in [6.07, 6.45) is 2.36. The summed E-state index contributed by atoms with van der Waals surface area (Å²) in [5, 5.41) is 3.53. The van der Waals surface area contributed by atoms with Crippen molar-refractivity contribution in [1.29, 1.82) is 0 Å². The molecule has 1 aliphatic rings. The number of benzene rings is 2. The van der Waals surface area contributed by atoms with E-state index in [4.69, 9.17) is 0 Å². The molecular formula is C19H24N2. The van der Waals surface area contributed by atoms with Crippen LogP contribution in [0.1, 0.15) is 16.7 Å². The second kappa shape index (κ2) is 6.77. The van der Waals surface area contributed by atoms with Crippen molar-refractivity contribution in [2.24, 2.45) is 0 Å². The highest BCUT2D eigenvalue weighted by Crippen LogP contribution is 2.15. The summed E-state index contributed by atoms with van der Waals surface area (Å²) >= 11 is 0. The molecule has 2 aromatic rings. The topological polar surface area (TPSA) is 15.3 Å². The zero-order valence-corrected chi connectivity index (χ0v) is 12.8. The van der Waals surface area contributed by atoms with Crippen molar-refractivity contribution in [3.8, 4) is 0 Å². The van der Waals surface area contributed by atoms with Crippen LogP contribution in [0.4, 0.5) is 5.69 Å². The summed E-state index contributed by atoms with van der Waals surface area (Å²) in [6, 6.07) is 17.5. The van der Waals surface area contributed by atoms with Crippen molar-refractivity contribution >= 4 is 5.69 Å². The van der Waals surface area contributed by atoms with Gasteiger partial charge in [0.25, 0.3) is 0 Å². The Bertz CT molecular complexity index is 565. The fourth-order valence-corrected chi connectivity index (χ4v) is 3.05. The molecular weight excluding hydrogens is 256 g/mol. The number of hydrogen-bond donors (Lipinski definition) is 1. The SMILES string of the molecule is Cc1cccc(NCCN2CCc3ccccc3CC2)c1. The fourth-order valence-electron chi connectivity index (χ4n) is 3.05. The van der Waals surface area contributed by atoms with Crippen LogP contribution < -0.4 is 5.32 Å². The van der Waals surface area contributed by atoms with Gasteiger partial charge in [-0.25, -0.2) is 0 Å². The third-order valence-electron chi connectivity index (χ3n) is 4.29. The third-order valence-corrected chi connectivity index (χ3v) is 4.29. The molecule has 1 aliphatic heterocycles.